The van der Waals surface area contributed by atoms with Crippen LogP contribution in [0.3, 0.4) is 0 Å². The number of rotatable bonds is 6. The average Bonchev–Trinajstić information content (AvgIpc) is 3.22. The minimum atomic E-state index is -2.67. The lowest BCUT2D eigenvalue weighted by atomic mass is 9.74. The summed E-state index contributed by atoms with van der Waals surface area (Å²) in [4.78, 5) is 8.68. The Morgan fingerprint density at radius 1 is 1.12 bits per heavy atom. The first-order valence-electron chi connectivity index (χ1n) is 10.6. The number of nitrogens with two attached hydrogens (primary N) is 1. The summed E-state index contributed by atoms with van der Waals surface area (Å²) < 4.78 is 33.0. The zero-order valence-electron chi connectivity index (χ0n) is 17.9. The Balaban J connectivity index is 1.51. The van der Waals surface area contributed by atoms with Gasteiger partial charge in [0, 0.05) is 24.0 Å². The highest BCUT2D eigenvalue weighted by Crippen LogP contribution is 2.40. The Morgan fingerprint density at radius 2 is 1.91 bits per heavy atom. The van der Waals surface area contributed by atoms with E-state index >= 15 is 0 Å². The van der Waals surface area contributed by atoms with Crippen LogP contribution in [0.2, 0.25) is 0 Å². The maximum Gasteiger partial charge on any atom is 0.280 e. The molecule has 1 aliphatic carbocycles. The molecule has 0 radical (unpaired) electrons. The third kappa shape index (κ3) is 3.88. The molecule has 0 unspecified atom stereocenters. The average molecular weight is 451 g/mol. The molecule has 0 amide bonds. The van der Waals surface area contributed by atoms with Crippen molar-refractivity contribution < 1.29 is 18.6 Å². The predicted octanol–water partition coefficient (Wildman–Crippen LogP) is 3.95. The quantitative estimate of drug-likeness (QED) is 0.431. The van der Waals surface area contributed by atoms with E-state index in [0.29, 0.717) is 35.6 Å². The number of aliphatic hydroxyl groups is 1. The maximum atomic E-state index is 13.1. The number of nitrogens with zero attached hydrogens (tertiary/aromatic N) is 4. The highest BCUT2D eigenvalue weighted by atomic mass is 19.3. The van der Waals surface area contributed by atoms with Gasteiger partial charge < -0.3 is 9.84 Å². The number of halogens is 2. The van der Waals surface area contributed by atoms with Gasteiger partial charge in [0.15, 0.2) is 11.5 Å². The molecule has 3 heterocycles. The lowest BCUT2D eigenvalue weighted by Gasteiger charge is -2.42. The molecule has 7 nitrogen and oxygen atoms in total. The first-order chi connectivity index (χ1) is 15.9. The van der Waals surface area contributed by atoms with E-state index in [1.165, 1.54) is 16.8 Å². The monoisotopic (exact) mass is 451 g/mol. The van der Waals surface area contributed by atoms with Gasteiger partial charge in [-0.1, -0.05) is 24.3 Å². The summed E-state index contributed by atoms with van der Waals surface area (Å²) in [6.45, 7) is 0. The van der Waals surface area contributed by atoms with Crippen molar-refractivity contribution in [3.63, 3.8) is 0 Å². The fraction of sp³-hybridized carbons (Fsp3) is 0.292. The van der Waals surface area contributed by atoms with Gasteiger partial charge in [0.1, 0.15) is 5.69 Å². The van der Waals surface area contributed by atoms with Crippen LogP contribution in [0.15, 0.2) is 60.8 Å². The number of methoxy groups -OCH3 is 1. The Morgan fingerprint density at radius 3 is 2.67 bits per heavy atom. The summed E-state index contributed by atoms with van der Waals surface area (Å²) in [6.07, 6.45) is 0.435. The Bertz CT molecular complexity index is 1300. The minimum absolute atomic E-state index is 0.105. The zero-order valence-corrected chi connectivity index (χ0v) is 17.9. The molecule has 5 rings (SSSR count). The number of hydrogen-bond acceptors (Lipinski definition) is 6. The summed E-state index contributed by atoms with van der Waals surface area (Å²) in [5, 5.41) is 16.1. The topological polar surface area (TPSA) is 99.1 Å². The van der Waals surface area contributed by atoms with E-state index in [1.807, 2.05) is 24.3 Å². The molecule has 1 aliphatic rings. The second kappa shape index (κ2) is 8.26. The number of ether oxygens (including phenoxy) is 1. The van der Waals surface area contributed by atoms with Gasteiger partial charge >= 0.3 is 0 Å². The molecule has 1 saturated carbocycles. The van der Waals surface area contributed by atoms with Crippen molar-refractivity contribution >= 4 is 10.9 Å². The molecule has 0 bridgehead atoms. The Hall–Kier alpha value is -3.27. The number of fused-ring (bicyclic) bond motifs is 1. The molecule has 3 N–H and O–H groups in total. The smallest absolute Gasteiger partial charge is 0.280 e. The fourth-order valence-electron chi connectivity index (χ4n) is 4.18. The summed E-state index contributed by atoms with van der Waals surface area (Å²) in [6, 6.07) is 15.4. The van der Waals surface area contributed by atoms with Gasteiger partial charge in [0.2, 0.25) is 0 Å². The van der Waals surface area contributed by atoms with E-state index in [9.17, 15) is 13.9 Å². The number of alkyl halides is 2. The second-order valence-electron chi connectivity index (χ2n) is 8.31. The van der Waals surface area contributed by atoms with Crippen LogP contribution in [0, 0.1) is 5.92 Å². The van der Waals surface area contributed by atoms with E-state index in [2.05, 4.69) is 15.1 Å². The third-order valence-corrected chi connectivity index (χ3v) is 6.27. The first kappa shape index (κ1) is 21.6. The van der Waals surface area contributed by atoms with Crippen LogP contribution >= 0.6 is 0 Å². The van der Waals surface area contributed by atoms with Crippen molar-refractivity contribution in [2.45, 2.75) is 31.1 Å². The lowest BCUT2D eigenvalue weighted by molar-refractivity contribution is -0.113. The highest BCUT2D eigenvalue weighted by molar-refractivity contribution is 5.84. The van der Waals surface area contributed by atoms with Gasteiger partial charge in [-0.15, -0.1) is 0 Å². The van der Waals surface area contributed by atoms with Gasteiger partial charge in [0.05, 0.1) is 29.2 Å². The van der Waals surface area contributed by atoms with Crippen LogP contribution in [0.25, 0.3) is 28.0 Å². The second-order valence-corrected chi connectivity index (χ2v) is 8.31. The largest absolute Gasteiger partial charge is 0.381 e. The Kier molecular flexibility index (Phi) is 5.40. The molecule has 0 saturated heterocycles. The summed E-state index contributed by atoms with van der Waals surface area (Å²) in [5.74, 6) is 0.165. The molecule has 1 atom stereocenters. The van der Waals surface area contributed by atoms with Crippen molar-refractivity contribution in [2.24, 2.45) is 11.7 Å². The van der Waals surface area contributed by atoms with E-state index in [-0.39, 0.29) is 17.7 Å². The van der Waals surface area contributed by atoms with E-state index < -0.39 is 12.2 Å². The molecule has 9 heteroatoms. The molecular formula is C24H23F2N5O2. The molecule has 3 aromatic heterocycles. The fourth-order valence-corrected chi connectivity index (χ4v) is 4.18. The summed E-state index contributed by atoms with van der Waals surface area (Å²) >= 11 is 0. The summed E-state index contributed by atoms with van der Waals surface area (Å²) in [5.41, 5.74) is 6.89. The lowest BCUT2D eigenvalue weighted by Crippen LogP contribution is -2.52. The van der Waals surface area contributed by atoms with Gasteiger partial charge in [-0.3, -0.25) is 5.73 Å². The molecule has 1 fully saturated rings. The van der Waals surface area contributed by atoms with Crippen LogP contribution in [-0.2, 0) is 10.5 Å². The maximum absolute atomic E-state index is 13.1. The van der Waals surface area contributed by atoms with E-state index in [0.717, 1.165) is 10.9 Å². The van der Waals surface area contributed by atoms with Gasteiger partial charge in [-0.05, 0) is 43.2 Å². The van der Waals surface area contributed by atoms with Gasteiger partial charge in [0.25, 0.3) is 6.43 Å². The number of hydrogen-bond donors (Lipinski definition) is 2. The number of benzene rings is 1. The molecule has 33 heavy (non-hydrogen) atoms. The number of aromatic nitrogens is 4. The normalized spacial score (nSPS) is 20.1. The SMILES string of the molecule is COC1CC([C@](N)(O)c2cccc(-c3ccc4cnn(-c5cccc(C(F)F)n5)c4c3)n2)C1. The molecule has 4 aromatic rings. The third-order valence-electron chi connectivity index (χ3n) is 6.27. The van der Waals surface area contributed by atoms with Crippen LogP contribution in [-0.4, -0.2) is 38.1 Å². The van der Waals surface area contributed by atoms with E-state index in [4.69, 9.17) is 10.5 Å². The molecule has 170 valence electrons. The van der Waals surface area contributed by atoms with Crippen LogP contribution in [0.1, 0.15) is 30.7 Å². The standard InChI is InChI=1S/C24H23F2N5O2/c1-33-17-11-16(12-17)24(27,32)21-6-2-4-18(29-21)14-8-9-15-13-28-31(20(15)10-14)22-7-3-5-19(30-22)23(25)26/h2-10,13,16-17,23,32H,11-12,27H2,1H3/t16?,17?,24-/m0/s1. The molecule has 0 spiro atoms. The van der Waals surface area contributed by atoms with Gasteiger partial charge in [-0.25, -0.2) is 23.4 Å². The highest BCUT2D eigenvalue weighted by Gasteiger charge is 2.44. The van der Waals surface area contributed by atoms with Crippen molar-refractivity contribution in [3.05, 3.63) is 72.2 Å². The van der Waals surface area contributed by atoms with Crippen molar-refractivity contribution in [2.75, 3.05) is 7.11 Å². The Labute approximate surface area is 188 Å². The first-order valence-corrected chi connectivity index (χ1v) is 10.6. The molecular weight excluding hydrogens is 428 g/mol. The van der Waals surface area contributed by atoms with Crippen molar-refractivity contribution in [3.8, 4) is 17.1 Å². The molecule has 0 aliphatic heterocycles. The van der Waals surface area contributed by atoms with Crippen molar-refractivity contribution in [1.82, 2.24) is 19.7 Å². The van der Waals surface area contributed by atoms with Crippen LogP contribution < -0.4 is 5.73 Å². The van der Waals surface area contributed by atoms with E-state index in [1.54, 1.807) is 31.5 Å². The predicted molar refractivity (Wildman–Crippen MR) is 119 cm³/mol. The molecule has 1 aromatic carbocycles. The summed E-state index contributed by atoms with van der Waals surface area (Å²) in [7, 11) is 1.65. The van der Waals surface area contributed by atoms with Crippen LogP contribution in [0.5, 0.6) is 0 Å². The minimum Gasteiger partial charge on any atom is -0.381 e. The number of pyridine rings is 2. The zero-order chi connectivity index (χ0) is 23.2. The van der Waals surface area contributed by atoms with Gasteiger partial charge in [-0.2, -0.15) is 5.10 Å². The van der Waals surface area contributed by atoms with Crippen LogP contribution in [0.4, 0.5) is 8.78 Å². The van der Waals surface area contributed by atoms with Crippen molar-refractivity contribution in [1.29, 1.82) is 0 Å².